The maximum absolute atomic E-state index is 13.6. The van der Waals surface area contributed by atoms with Gasteiger partial charge >= 0.3 is 0 Å². The molecule has 1 aliphatic rings. The summed E-state index contributed by atoms with van der Waals surface area (Å²) in [5.41, 5.74) is 5.43. The minimum Gasteiger partial charge on any atom is -0.266 e. The molecule has 31 heavy (non-hydrogen) atoms. The van der Waals surface area contributed by atoms with Gasteiger partial charge in [-0.2, -0.15) is 0 Å². The number of benzene rings is 4. The van der Waals surface area contributed by atoms with Crippen LogP contribution in [0.5, 0.6) is 0 Å². The van der Waals surface area contributed by atoms with Crippen molar-refractivity contribution >= 4 is 34.3 Å². The van der Waals surface area contributed by atoms with Crippen molar-refractivity contribution in [3.05, 3.63) is 119 Å². The maximum Gasteiger partial charge on any atom is 0.282 e. The topological polar surface area (TPSA) is 32.7 Å². The molecule has 0 saturated heterocycles. The molecule has 0 saturated carbocycles. The first-order valence-corrected chi connectivity index (χ1v) is 10.4. The van der Waals surface area contributed by atoms with Crippen molar-refractivity contribution in [1.82, 2.24) is 0 Å². The summed E-state index contributed by atoms with van der Waals surface area (Å²) in [4.78, 5) is 20.1. The van der Waals surface area contributed by atoms with Crippen LogP contribution in [0, 0.1) is 13.8 Å². The van der Waals surface area contributed by atoms with E-state index in [-0.39, 0.29) is 5.91 Å². The summed E-state index contributed by atoms with van der Waals surface area (Å²) in [5.74, 6) is 0.538. The smallest absolute Gasteiger partial charge is 0.266 e. The number of fused-ring (bicyclic) bond motifs is 1. The van der Waals surface area contributed by atoms with Gasteiger partial charge in [-0.15, -0.1) is 0 Å². The Hall–Kier alpha value is -3.98. The van der Waals surface area contributed by atoms with Gasteiger partial charge in [0.05, 0.1) is 5.69 Å². The van der Waals surface area contributed by atoms with Gasteiger partial charge in [-0.05, 0) is 54.0 Å². The number of anilines is 1. The third-order valence-corrected chi connectivity index (χ3v) is 5.55. The molecule has 1 aliphatic heterocycles. The first kappa shape index (κ1) is 19.0. The van der Waals surface area contributed by atoms with Gasteiger partial charge in [0.15, 0.2) is 0 Å². The number of hydrogen-bond donors (Lipinski definition) is 0. The van der Waals surface area contributed by atoms with Crippen LogP contribution < -0.4 is 4.90 Å². The zero-order valence-corrected chi connectivity index (χ0v) is 17.5. The fourth-order valence-electron chi connectivity index (χ4n) is 3.94. The number of hydrogen-bond acceptors (Lipinski definition) is 2. The minimum atomic E-state index is -0.117. The predicted octanol–water partition coefficient (Wildman–Crippen LogP) is 6.29. The van der Waals surface area contributed by atoms with Crippen LogP contribution in [0.2, 0.25) is 0 Å². The summed E-state index contributed by atoms with van der Waals surface area (Å²) in [6, 6.07) is 30.4. The average Bonchev–Trinajstić information content (AvgIpc) is 3.10. The van der Waals surface area contributed by atoms with E-state index in [1.165, 1.54) is 5.56 Å². The molecule has 3 heteroatoms. The van der Waals surface area contributed by atoms with E-state index in [1.54, 1.807) is 4.90 Å². The Labute approximate surface area is 182 Å². The lowest BCUT2D eigenvalue weighted by Crippen LogP contribution is -2.32. The van der Waals surface area contributed by atoms with Gasteiger partial charge in [-0.1, -0.05) is 84.4 Å². The van der Waals surface area contributed by atoms with Crippen LogP contribution in [-0.2, 0) is 4.79 Å². The Kier molecular flexibility index (Phi) is 4.72. The monoisotopic (exact) mass is 402 g/mol. The Balaban J connectivity index is 1.67. The van der Waals surface area contributed by atoms with Crippen LogP contribution in [0.15, 0.2) is 102 Å². The summed E-state index contributed by atoms with van der Waals surface area (Å²) in [5, 5.41) is 2.24. The van der Waals surface area contributed by atoms with Crippen molar-refractivity contribution in [2.24, 2.45) is 4.99 Å². The molecule has 4 aromatic carbocycles. The van der Waals surface area contributed by atoms with Gasteiger partial charge in [0.25, 0.3) is 5.91 Å². The molecule has 0 radical (unpaired) electrons. The number of nitrogens with zero attached hydrogens (tertiary/aromatic N) is 2. The summed E-state index contributed by atoms with van der Waals surface area (Å²) in [6.07, 6.45) is 1.90. The van der Waals surface area contributed by atoms with E-state index in [9.17, 15) is 4.79 Å². The second kappa shape index (κ2) is 7.69. The Morgan fingerprint density at radius 1 is 0.774 bits per heavy atom. The van der Waals surface area contributed by atoms with Gasteiger partial charge in [0.2, 0.25) is 0 Å². The quantitative estimate of drug-likeness (QED) is 0.371. The molecule has 0 bridgehead atoms. The number of rotatable bonds is 3. The molecule has 150 valence electrons. The van der Waals surface area contributed by atoms with Gasteiger partial charge in [0.1, 0.15) is 11.5 Å². The summed E-state index contributed by atoms with van der Waals surface area (Å²) in [6.45, 7) is 4.08. The fraction of sp³-hybridized carbons (Fsp3) is 0.0714. The number of carbonyl (C=O) groups is 1. The molecule has 0 unspecified atom stereocenters. The largest absolute Gasteiger partial charge is 0.282 e. The summed E-state index contributed by atoms with van der Waals surface area (Å²) < 4.78 is 0. The minimum absolute atomic E-state index is 0.117. The Morgan fingerprint density at radius 3 is 2.32 bits per heavy atom. The fourth-order valence-corrected chi connectivity index (χ4v) is 3.94. The molecule has 0 spiro atoms. The summed E-state index contributed by atoms with van der Waals surface area (Å²) in [7, 11) is 0. The standard InChI is InChI=1S/C28H22N2O/c1-19-13-15-22(16-14-19)27-29-26(28(31)30(27)24-11-5-7-20(2)17-24)18-23-10-6-9-21-8-3-4-12-25(21)23/h3-18H,1-2H3/b26-18+. The number of carbonyl (C=O) groups excluding carboxylic acids is 1. The highest BCUT2D eigenvalue weighted by molar-refractivity contribution is 6.33. The van der Waals surface area contributed by atoms with Crippen LogP contribution in [0.4, 0.5) is 5.69 Å². The van der Waals surface area contributed by atoms with Gasteiger partial charge < -0.3 is 0 Å². The Bertz CT molecular complexity index is 1360. The van der Waals surface area contributed by atoms with Crippen LogP contribution in [0.3, 0.4) is 0 Å². The zero-order valence-electron chi connectivity index (χ0n) is 17.5. The molecular weight excluding hydrogens is 380 g/mol. The molecule has 3 nitrogen and oxygen atoms in total. The number of aryl methyl sites for hydroxylation is 2. The molecule has 0 N–H and O–H groups in total. The first-order valence-electron chi connectivity index (χ1n) is 10.4. The molecular formula is C28H22N2O. The zero-order chi connectivity index (χ0) is 21.4. The van der Waals surface area contributed by atoms with Crippen molar-refractivity contribution in [2.45, 2.75) is 13.8 Å². The molecule has 4 aromatic rings. The second-order valence-corrected chi connectivity index (χ2v) is 7.88. The van der Waals surface area contributed by atoms with Crippen LogP contribution in [0.25, 0.3) is 16.8 Å². The first-order chi connectivity index (χ1) is 15.1. The maximum atomic E-state index is 13.6. The van der Waals surface area contributed by atoms with E-state index >= 15 is 0 Å². The molecule has 5 rings (SSSR count). The predicted molar refractivity (Wildman–Crippen MR) is 128 cm³/mol. The van der Waals surface area contributed by atoms with Crippen LogP contribution >= 0.6 is 0 Å². The van der Waals surface area contributed by atoms with E-state index in [0.29, 0.717) is 11.5 Å². The van der Waals surface area contributed by atoms with E-state index in [1.807, 2.05) is 85.8 Å². The summed E-state index contributed by atoms with van der Waals surface area (Å²) >= 11 is 0. The highest BCUT2D eigenvalue weighted by Crippen LogP contribution is 2.30. The number of amides is 1. The van der Waals surface area contributed by atoms with Crippen molar-refractivity contribution in [3.63, 3.8) is 0 Å². The van der Waals surface area contributed by atoms with E-state index in [2.05, 4.69) is 25.1 Å². The molecule has 1 amide bonds. The highest BCUT2D eigenvalue weighted by Gasteiger charge is 2.32. The van der Waals surface area contributed by atoms with Crippen LogP contribution in [-0.4, -0.2) is 11.7 Å². The van der Waals surface area contributed by atoms with E-state index in [4.69, 9.17) is 4.99 Å². The normalized spacial score (nSPS) is 15.0. The average molecular weight is 402 g/mol. The lowest BCUT2D eigenvalue weighted by molar-refractivity contribution is -0.113. The molecule has 0 atom stereocenters. The van der Waals surface area contributed by atoms with Crippen molar-refractivity contribution in [3.8, 4) is 0 Å². The molecule has 0 fully saturated rings. The SMILES string of the molecule is Cc1ccc(C2=N/C(=C/c3cccc4ccccc34)C(=O)N2c2cccc(C)c2)cc1. The molecule has 0 aliphatic carbocycles. The van der Waals surface area contributed by atoms with Gasteiger partial charge in [-0.25, -0.2) is 4.99 Å². The van der Waals surface area contributed by atoms with Gasteiger partial charge in [0, 0.05) is 5.56 Å². The van der Waals surface area contributed by atoms with E-state index < -0.39 is 0 Å². The van der Waals surface area contributed by atoms with Crippen molar-refractivity contribution < 1.29 is 4.79 Å². The van der Waals surface area contributed by atoms with Crippen molar-refractivity contribution in [2.75, 3.05) is 4.90 Å². The third-order valence-electron chi connectivity index (χ3n) is 5.55. The van der Waals surface area contributed by atoms with Gasteiger partial charge in [-0.3, -0.25) is 9.69 Å². The van der Waals surface area contributed by atoms with Crippen LogP contribution in [0.1, 0.15) is 22.3 Å². The molecule has 1 heterocycles. The lowest BCUT2D eigenvalue weighted by Gasteiger charge is -2.19. The number of aliphatic imine (C=N–C) groups is 1. The Morgan fingerprint density at radius 2 is 1.52 bits per heavy atom. The number of amidine groups is 1. The highest BCUT2D eigenvalue weighted by atomic mass is 16.2. The van der Waals surface area contributed by atoms with Crippen molar-refractivity contribution in [1.29, 1.82) is 0 Å². The van der Waals surface area contributed by atoms with E-state index in [0.717, 1.165) is 33.2 Å². The molecule has 0 aromatic heterocycles. The lowest BCUT2D eigenvalue weighted by atomic mass is 10.0. The third kappa shape index (κ3) is 3.55. The second-order valence-electron chi connectivity index (χ2n) is 7.88.